The largest absolute Gasteiger partial charge is 0.494 e. The SMILES string of the molecule is CCCCCCOc1ccc2c(c1)CCc1n[nH]c(=O)n1-2. The van der Waals surface area contributed by atoms with Gasteiger partial charge in [-0.3, -0.25) is 0 Å². The van der Waals surface area contributed by atoms with Crippen molar-refractivity contribution in [2.45, 2.75) is 45.4 Å². The third-order valence-corrected chi connectivity index (χ3v) is 3.92. The molecule has 1 aliphatic heterocycles. The van der Waals surface area contributed by atoms with E-state index in [9.17, 15) is 4.79 Å². The first-order valence-electron chi connectivity index (χ1n) is 7.72. The number of hydrogen-bond donors (Lipinski definition) is 1. The molecule has 0 unspecified atom stereocenters. The summed E-state index contributed by atoms with van der Waals surface area (Å²) in [5, 5.41) is 6.56. The normalized spacial score (nSPS) is 12.8. The van der Waals surface area contributed by atoms with E-state index in [0.717, 1.165) is 48.7 Å². The van der Waals surface area contributed by atoms with Gasteiger partial charge in [0.1, 0.15) is 11.6 Å². The molecule has 2 aromatic rings. The summed E-state index contributed by atoms with van der Waals surface area (Å²) in [6, 6.07) is 5.95. The van der Waals surface area contributed by atoms with Crippen LogP contribution in [0.5, 0.6) is 5.75 Å². The molecule has 112 valence electrons. The molecule has 0 saturated carbocycles. The van der Waals surface area contributed by atoms with Gasteiger partial charge in [0.2, 0.25) is 0 Å². The number of aromatic nitrogens is 3. The van der Waals surface area contributed by atoms with E-state index in [4.69, 9.17) is 4.74 Å². The van der Waals surface area contributed by atoms with Crippen LogP contribution in [0.15, 0.2) is 23.0 Å². The number of aromatic amines is 1. The lowest BCUT2D eigenvalue weighted by Gasteiger charge is -2.18. The lowest BCUT2D eigenvalue weighted by atomic mass is 10.0. The lowest BCUT2D eigenvalue weighted by Crippen LogP contribution is -2.22. The summed E-state index contributed by atoms with van der Waals surface area (Å²) in [7, 11) is 0. The molecule has 1 aliphatic rings. The second-order valence-corrected chi connectivity index (χ2v) is 5.48. The molecule has 2 heterocycles. The highest BCUT2D eigenvalue weighted by Gasteiger charge is 2.19. The van der Waals surface area contributed by atoms with Crippen LogP contribution in [0, 0.1) is 0 Å². The lowest BCUT2D eigenvalue weighted by molar-refractivity contribution is 0.304. The van der Waals surface area contributed by atoms with Gasteiger partial charge in [-0.1, -0.05) is 26.2 Å². The maximum absolute atomic E-state index is 11.8. The van der Waals surface area contributed by atoms with Crippen LogP contribution in [-0.2, 0) is 12.8 Å². The molecule has 5 heteroatoms. The minimum absolute atomic E-state index is 0.167. The summed E-state index contributed by atoms with van der Waals surface area (Å²) < 4.78 is 7.46. The third kappa shape index (κ3) is 2.86. The van der Waals surface area contributed by atoms with Gasteiger partial charge in [0, 0.05) is 6.42 Å². The van der Waals surface area contributed by atoms with Crippen LogP contribution in [0.25, 0.3) is 5.69 Å². The minimum atomic E-state index is -0.167. The summed E-state index contributed by atoms with van der Waals surface area (Å²) in [4.78, 5) is 11.8. The summed E-state index contributed by atoms with van der Waals surface area (Å²) in [6.45, 7) is 2.96. The summed E-state index contributed by atoms with van der Waals surface area (Å²) in [6.07, 6.45) is 6.49. The molecule has 0 aliphatic carbocycles. The molecule has 0 bridgehead atoms. The van der Waals surface area contributed by atoms with E-state index in [2.05, 4.69) is 23.2 Å². The van der Waals surface area contributed by atoms with Crippen LogP contribution >= 0.6 is 0 Å². The monoisotopic (exact) mass is 287 g/mol. The van der Waals surface area contributed by atoms with E-state index < -0.39 is 0 Å². The number of aryl methyl sites for hydroxylation is 2. The number of nitrogens with zero attached hydrogens (tertiary/aromatic N) is 2. The van der Waals surface area contributed by atoms with Gasteiger partial charge in [-0.25, -0.2) is 14.5 Å². The fourth-order valence-corrected chi connectivity index (χ4v) is 2.78. The molecule has 3 rings (SSSR count). The predicted octanol–water partition coefficient (Wildman–Crippen LogP) is 2.62. The Balaban J connectivity index is 1.72. The van der Waals surface area contributed by atoms with Crippen LogP contribution in [0.2, 0.25) is 0 Å². The van der Waals surface area contributed by atoms with Crippen LogP contribution in [0.4, 0.5) is 0 Å². The van der Waals surface area contributed by atoms with E-state index in [1.807, 2.05) is 12.1 Å². The Morgan fingerprint density at radius 2 is 2.19 bits per heavy atom. The Bertz CT molecular complexity index is 672. The molecule has 0 radical (unpaired) electrons. The second kappa shape index (κ2) is 6.16. The Morgan fingerprint density at radius 1 is 1.29 bits per heavy atom. The molecule has 0 spiro atoms. The minimum Gasteiger partial charge on any atom is -0.494 e. The highest BCUT2D eigenvalue weighted by atomic mass is 16.5. The van der Waals surface area contributed by atoms with Crippen LogP contribution in [0.3, 0.4) is 0 Å². The van der Waals surface area contributed by atoms with Gasteiger partial charge in [-0.05, 0) is 36.6 Å². The van der Waals surface area contributed by atoms with Crippen molar-refractivity contribution in [3.8, 4) is 11.4 Å². The third-order valence-electron chi connectivity index (χ3n) is 3.92. The number of rotatable bonds is 6. The topological polar surface area (TPSA) is 59.9 Å². The van der Waals surface area contributed by atoms with Gasteiger partial charge in [0.15, 0.2) is 0 Å². The summed E-state index contributed by atoms with van der Waals surface area (Å²) in [5.41, 5.74) is 1.91. The highest BCUT2D eigenvalue weighted by Crippen LogP contribution is 2.26. The quantitative estimate of drug-likeness (QED) is 0.831. The van der Waals surface area contributed by atoms with Crippen molar-refractivity contribution >= 4 is 0 Å². The zero-order valence-corrected chi connectivity index (χ0v) is 12.4. The molecule has 1 aromatic carbocycles. The predicted molar refractivity (Wildman–Crippen MR) is 81.2 cm³/mol. The van der Waals surface area contributed by atoms with Crippen molar-refractivity contribution in [2.75, 3.05) is 6.61 Å². The zero-order chi connectivity index (χ0) is 14.7. The van der Waals surface area contributed by atoms with E-state index in [0.29, 0.717) is 0 Å². The van der Waals surface area contributed by atoms with Crippen LogP contribution in [0.1, 0.15) is 44.0 Å². The van der Waals surface area contributed by atoms with Gasteiger partial charge in [-0.2, -0.15) is 5.10 Å². The number of hydrogen-bond acceptors (Lipinski definition) is 3. The van der Waals surface area contributed by atoms with Gasteiger partial charge in [0.05, 0.1) is 12.3 Å². The Labute approximate surface area is 124 Å². The van der Waals surface area contributed by atoms with Crippen molar-refractivity contribution in [1.82, 2.24) is 14.8 Å². The standard InChI is InChI=1S/C16H21N3O2/c1-2-3-4-5-10-21-13-7-8-14-12(11-13)6-9-15-17-18-16(20)19(14)15/h7-8,11H,2-6,9-10H2,1H3,(H,18,20). The van der Waals surface area contributed by atoms with E-state index in [-0.39, 0.29) is 5.69 Å². The molecule has 0 saturated heterocycles. The Hall–Kier alpha value is -2.04. The zero-order valence-electron chi connectivity index (χ0n) is 12.4. The van der Waals surface area contributed by atoms with Crippen molar-refractivity contribution < 1.29 is 4.74 Å². The summed E-state index contributed by atoms with van der Waals surface area (Å²) in [5.74, 6) is 1.70. The molecule has 5 nitrogen and oxygen atoms in total. The van der Waals surface area contributed by atoms with Crippen LogP contribution < -0.4 is 10.4 Å². The maximum Gasteiger partial charge on any atom is 0.347 e. The van der Waals surface area contributed by atoms with E-state index >= 15 is 0 Å². The highest BCUT2D eigenvalue weighted by molar-refractivity contribution is 5.48. The van der Waals surface area contributed by atoms with Crippen molar-refractivity contribution in [3.63, 3.8) is 0 Å². The van der Waals surface area contributed by atoms with Gasteiger partial charge in [-0.15, -0.1) is 0 Å². The average molecular weight is 287 g/mol. The smallest absolute Gasteiger partial charge is 0.347 e. The number of fused-ring (bicyclic) bond motifs is 3. The molecular formula is C16H21N3O2. The number of benzene rings is 1. The number of ether oxygens (including phenoxy) is 1. The molecule has 0 fully saturated rings. The average Bonchev–Trinajstić information content (AvgIpc) is 2.89. The van der Waals surface area contributed by atoms with Gasteiger partial charge in [0.25, 0.3) is 0 Å². The Kier molecular flexibility index (Phi) is 4.08. The fraction of sp³-hybridized carbons (Fsp3) is 0.500. The van der Waals surface area contributed by atoms with Gasteiger partial charge < -0.3 is 4.74 Å². The van der Waals surface area contributed by atoms with Crippen LogP contribution in [-0.4, -0.2) is 21.4 Å². The second-order valence-electron chi connectivity index (χ2n) is 5.48. The van der Waals surface area contributed by atoms with E-state index in [1.54, 1.807) is 4.57 Å². The van der Waals surface area contributed by atoms with Crippen molar-refractivity contribution in [2.24, 2.45) is 0 Å². The first kappa shape index (κ1) is 13.9. The van der Waals surface area contributed by atoms with E-state index in [1.165, 1.54) is 19.3 Å². The first-order valence-corrected chi connectivity index (χ1v) is 7.72. The Morgan fingerprint density at radius 3 is 3.05 bits per heavy atom. The molecule has 1 aromatic heterocycles. The first-order chi connectivity index (χ1) is 10.3. The molecule has 0 atom stereocenters. The number of H-pyrrole nitrogens is 1. The maximum atomic E-state index is 11.8. The van der Waals surface area contributed by atoms with Crippen molar-refractivity contribution in [1.29, 1.82) is 0 Å². The molecule has 0 amide bonds. The molecule has 21 heavy (non-hydrogen) atoms. The number of nitrogens with one attached hydrogen (secondary N) is 1. The molecular weight excluding hydrogens is 266 g/mol. The summed E-state index contributed by atoms with van der Waals surface area (Å²) >= 11 is 0. The van der Waals surface area contributed by atoms with Crippen molar-refractivity contribution in [3.05, 3.63) is 40.1 Å². The molecule has 1 N–H and O–H groups in total. The fourth-order valence-electron chi connectivity index (χ4n) is 2.78. The van der Waals surface area contributed by atoms with Gasteiger partial charge >= 0.3 is 5.69 Å². The number of unbranched alkanes of at least 4 members (excludes halogenated alkanes) is 3.